The molecule has 0 N–H and O–H groups in total. The van der Waals surface area contributed by atoms with Crippen molar-refractivity contribution >= 4 is 11.8 Å². The molecule has 104 valence electrons. The topological polar surface area (TPSA) is 29.5 Å². The van der Waals surface area contributed by atoms with Crippen molar-refractivity contribution in [3.05, 3.63) is 29.8 Å². The molecule has 1 aromatic carbocycles. The first-order valence-corrected chi connectivity index (χ1v) is 6.87. The van der Waals surface area contributed by atoms with Crippen molar-refractivity contribution in [2.45, 2.75) is 38.6 Å². The molecule has 1 heterocycles. The van der Waals surface area contributed by atoms with Gasteiger partial charge in [-0.05, 0) is 30.9 Å². The molecule has 1 aromatic rings. The number of hydrogen-bond acceptors (Lipinski definition) is 2. The zero-order chi connectivity index (χ0) is 13.7. The lowest BCUT2D eigenvalue weighted by Crippen LogP contribution is -2.45. The third kappa shape index (κ3) is 3.06. The zero-order valence-corrected chi connectivity index (χ0v) is 11.3. The molecule has 0 saturated heterocycles. The number of halogens is 1. The minimum atomic E-state index is -0.531. The fraction of sp³-hybridized carbons (Fsp3) is 0.533. The molecule has 1 unspecified atom stereocenters. The molecule has 19 heavy (non-hydrogen) atoms. The lowest BCUT2D eigenvalue weighted by atomic mass is 9.97. The SMILES string of the molecule is CCCCOC(=O)N1c2ccccc2CCC1CF. The average Bonchev–Trinajstić information content (AvgIpc) is 2.46. The van der Waals surface area contributed by atoms with Gasteiger partial charge < -0.3 is 4.74 Å². The Bertz CT molecular complexity index is 436. The minimum absolute atomic E-state index is 0.396. The molecule has 0 aromatic heterocycles. The Morgan fingerprint density at radius 1 is 1.47 bits per heavy atom. The van der Waals surface area contributed by atoms with E-state index < -0.39 is 18.8 Å². The molecule has 3 nitrogen and oxygen atoms in total. The number of carbonyl (C=O) groups excluding carboxylic acids is 1. The van der Waals surface area contributed by atoms with Crippen LogP contribution in [0.3, 0.4) is 0 Å². The fourth-order valence-corrected chi connectivity index (χ4v) is 2.37. The highest BCUT2D eigenvalue weighted by Gasteiger charge is 2.31. The van der Waals surface area contributed by atoms with Crippen LogP contribution in [0.1, 0.15) is 31.7 Å². The number of anilines is 1. The summed E-state index contributed by atoms with van der Waals surface area (Å²) in [5, 5.41) is 0. The number of ether oxygens (including phenoxy) is 1. The summed E-state index contributed by atoms with van der Waals surface area (Å²) >= 11 is 0. The second-order valence-electron chi connectivity index (χ2n) is 4.81. The lowest BCUT2D eigenvalue weighted by Gasteiger charge is -2.34. The summed E-state index contributed by atoms with van der Waals surface area (Å²) in [5.74, 6) is 0. The highest BCUT2D eigenvalue weighted by molar-refractivity contribution is 5.90. The van der Waals surface area contributed by atoms with Gasteiger partial charge in [0.05, 0.1) is 18.3 Å². The number of nitrogens with zero attached hydrogens (tertiary/aromatic N) is 1. The summed E-state index contributed by atoms with van der Waals surface area (Å²) in [4.78, 5) is 13.6. The Morgan fingerprint density at radius 2 is 2.26 bits per heavy atom. The molecule has 0 fully saturated rings. The second-order valence-corrected chi connectivity index (χ2v) is 4.81. The molecule has 0 radical (unpaired) electrons. The van der Waals surface area contributed by atoms with Crippen LogP contribution in [0.15, 0.2) is 24.3 Å². The van der Waals surface area contributed by atoms with Crippen molar-refractivity contribution in [3.63, 3.8) is 0 Å². The Balaban J connectivity index is 2.17. The molecule has 1 aliphatic rings. The number of unbranched alkanes of at least 4 members (excludes halogenated alkanes) is 1. The van der Waals surface area contributed by atoms with Gasteiger partial charge >= 0.3 is 6.09 Å². The van der Waals surface area contributed by atoms with E-state index in [9.17, 15) is 9.18 Å². The third-order valence-electron chi connectivity index (χ3n) is 3.46. The van der Waals surface area contributed by atoms with Crippen molar-refractivity contribution < 1.29 is 13.9 Å². The number of fused-ring (bicyclic) bond motifs is 1. The van der Waals surface area contributed by atoms with Crippen LogP contribution in [0, 0.1) is 0 Å². The Labute approximate surface area is 113 Å². The van der Waals surface area contributed by atoms with Gasteiger partial charge in [-0.25, -0.2) is 9.18 Å². The van der Waals surface area contributed by atoms with Crippen LogP contribution in [0.4, 0.5) is 14.9 Å². The van der Waals surface area contributed by atoms with E-state index in [1.54, 1.807) is 0 Å². The quantitative estimate of drug-likeness (QED) is 0.777. The maximum Gasteiger partial charge on any atom is 0.414 e. The number of carbonyl (C=O) groups is 1. The second kappa shape index (κ2) is 6.55. The van der Waals surface area contributed by atoms with Crippen LogP contribution in [-0.2, 0) is 11.2 Å². The van der Waals surface area contributed by atoms with Crippen LogP contribution in [0.2, 0.25) is 0 Å². The first kappa shape index (κ1) is 13.8. The van der Waals surface area contributed by atoms with E-state index in [1.165, 1.54) is 4.90 Å². The van der Waals surface area contributed by atoms with E-state index in [4.69, 9.17) is 4.74 Å². The standard InChI is InChI=1S/C15H20FNO2/c1-2-3-10-19-15(18)17-13(11-16)9-8-12-6-4-5-7-14(12)17/h4-7,13H,2-3,8-11H2,1H3. The first-order chi connectivity index (χ1) is 9.27. The largest absolute Gasteiger partial charge is 0.449 e. The molecule has 1 amide bonds. The maximum atomic E-state index is 13.1. The molecular formula is C15H20FNO2. The molecule has 0 aliphatic carbocycles. The molecule has 4 heteroatoms. The van der Waals surface area contributed by atoms with E-state index in [0.29, 0.717) is 13.0 Å². The number of alkyl halides is 1. The molecule has 0 bridgehead atoms. The van der Waals surface area contributed by atoms with Gasteiger partial charge in [0.1, 0.15) is 6.67 Å². The van der Waals surface area contributed by atoms with E-state index in [2.05, 4.69) is 0 Å². The van der Waals surface area contributed by atoms with Gasteiger partial charge in [-0.2, -0.15) is 0 Å². The van der Waals surface area contributed by atoms with Gasteiger partial charge in [-0.15, -0.1) is 0 Å². The lowest BCUT2D eigenvalue weighted by molar-refractivity contribution is 0.147. The normalized spacial score (nSPS) is 18.0. The van der Waals surface area contributed by atoms with E-state index in [0.717, 1.165) is 30.5 Å². The van der Waals surface area contributed by atoms with Gasteiger partial charge in [0.2, 0.25) is 0 Å². The summed E-state index contributed by atoms with van der Waals surface area (Å²) < 4.78 is 18.4. The Morgan fingerprint density at radius 3 is 3.00 bits per heavy atom. The van der Waals surface area contributed by atoms with Crippen molar-refractivity contribution in [1.29, 1.82) is 0 Å². The smallest absolute Gasteiger partial charge is 0.414 e. The van der Waals surface area contributed by atoms with Gasteiger partial charge in [0.15, 0.2) is 0 Å². The summed E-state index contributed by atoms with van der Waals surface area (Å²) in [6, 6.07) is 7.25. The van der Waals surface area contributed by atoms with Gasteiger partial charge in [0, 0.05) is 0 Å². The van der Waals surface area contributed by atoms with Crippen LogP contribution in [0.5, 0.6) is 0 Å². The van der Waals surface area contributed by atoms with Crippen molar-refractivity contribution in [1.82, 2.24) is 0 Å². The van der Waals surface area contributed by atoms with Gasteiger partial charge in [-0.1, -0.05) is 31.5 Å². The number of rotatable bonds is 4. The highest BCUT2D eigenvalue weighted by atomic mass is 19.1. The zero-order valence-electron chi connectivity index (χ0n) is 11.3. The molecule has 1 aliphatic heterocycles. The predicted octanol–water partition coefficient (Wildman–Crippen LogP) is 3.71. The van der Waals surface area contributed by atoms with Crippen molar-refractivity contribution in [2.75, 3.05) is 18.2 Å². The number of hydrogen-bond donors (Lipinski definition) is 0. The minimum Gasteiger partial charge on any atom is -0.449 e. The van der Waals surface area contributed by atoms with E-state index in [1.807, 2.05) is 31.2 Å². The van der Waals surface area contributed by atoms with Crippen LogP contribution in [0.25, 0.3) is 0 Å². The summed E-state index contributed by atoms with van der Waals surface area (Å²) in [7, 11) is 0. The molecule has 0 spiro atoms. The van der Waals surface area contributed by atoms with E-state index >= 15 is 0 Å². The van der Waals surface area contributed by atoms with Gasteiger partial charge in [0.25, 0.3) is 0 Å². The highest BCUT2D eigenvalue weighted by Crippen LogP contribution is 2.31. The Kier molecular flexibility index (Phi) is 4.77. The van der Waals surface area contributed by atoms with Crippen molar-refractivity contribution in [3.8, 4) is 0 Å². The fourth-order valence-electron chi connectivity index (χ4n) is 2.37. The molecular weight excluding hydrogens is 245 g/mol. The number of benzene rings is 1. The predicted molar refractivity (Wildman–Crippen MR) is 73.3 cm³/mol. The summed E-state index contributed by atoms with van der Waals surface area (Å²) in [6.07, 6.45) is 2.83. The van der Waals surface area contributed by atoms with Crippen LogP contribution >= 0.6 is 0 Å². The molecule has 2 rings (SSSR count). The number of para-hydroxylation sites is 1. The van der Waals surface area contributed by atoms with Crippen LogP contribution in [-0.4, -0.2) is 25.4 Å². The van der Waals surface area contributed by atoms with Crippen molar-refractivity contribution in [2.24, 2.45) is 0 Å². The first-order valence-electron chi connectivity index (χ1n) is 6.87. The maximum absolute atomic E-state index is 13.1. The average molecular weight is 265 g/mol. The monoisotopic (exact) mass is 265 g/mol. The number of aryl methyl sites for hydroxylation is 1. The van der Waals surface area contributed by atoms with Crippen LogP contribution < -0.4 is 4.90 Å². The Hall–Kier alpha value is -1.58. The summed E-state index contributed by atoms with van der Waals surface area (Å²) in [6.45, 7) is 1.90. The number of amides is 1. The molecule has 1 atom stereocenters. The third-order valence-corrected chi connectivity index (χ3v) is 3.46. The van der Waals surface area contributed by atoms with E-state index in [-0.39, 0.29) is 0 Å². The van der Waals surface area contributed by atoms with Gasteiger partial charge in [-0.3, -0.25) is 4.90 Å². The molecule has 0 saturated carbocycles. The summed E-state index contributed by atoms with van der Waals surface area (Å²) in [5.41, 5.74) is 1.87.